The van der Waals surface area contributed by atoms with E-state index in [1.807, 2.05) is 42.5 Å². The van der Waals surface area contributed by atoms with E-state index in [-0.39, 0.29) is 11.9 Å². The second kappa shape index (κ2) is 9.16. The molecule has 0 aliphatic rings. The molecule has 2 aromatic rings. The van der Waals surface area contributed by atoms with E-state index >= 15 is 0 Å². The minimum atomic E-state index is -0.0107. The largest absolute Gasteiger partial charge is 0.350 e. The molecule has 2 nitrogen and oxygen atoms in total. The summed E-state index contributed by atoms with van der Waals surface area (Å²) in [7, 11) is 0. The molecule has 0 aliphatic carbocycles. The molecule has 2 aromatic carbocycles. The van der Waals surface area contributed by atoms with E-state index in [1.165, 1.54) is 5.56 Å². The number of amides is 1. The van der Waals surface area contributed by atoms with Crippen LogP contribution in [0.1, 0.15) is 42.5 Å². The van der Waals surface area contributed by atoms with Gasteiger partial charge in [-0.2, -0.15) is 0 Å². The van der Waals surface area contributed by atoms with Gasteiger partial charge in [0.2, 0.25) is 5.91 Å². The highest BCUT2D eigenvalue weighted by Gasteiger charge is 2.11. The monoisotopic (exact) mass is 327 g/mol. The Morgan fingerprint density at radius 3 is 2.43 bits per heavy atom. The first-order valence-electron chi connectivity index (χ1n) is 7.82. The average molecular weight is 328 g/mol. The summed E-state index contributed by atoms with van der Waals surface area (Å²) in [4.78, 5) is 11.5. The molecular weight excluding hydrogens is 306 g/mol. The number of hydrogen-bond acceptors (Lipinski definition) is 1. The molecule has 0 fully saturated rings. The number of nitrogens with one attached hydrogen (secondary N) is 1. The van der Waals surface area contributed by atoms with Crippen molar-refractivity contribution in [1.29, 1.82) is 0 Å². The van der Waals surface area contributed by atoms with Crippen molar-refractivity contribution >= 4 is 23.6 Å². The summed E-state index contributed by atoms with van der Waals surface area (Å²) < 4.78 is 0. The molecule has 2 rings (SSSR count). The predicted octanol–water partition coefficient (Wildman–Crippen LogP) is 5.10. The van der Waals surface area contributed by atoms with Gasteiger partial charge in [0.15, 0.2) is 0 Å². The summed E-state index contributed by atoms with van der Waals surface area (Å²) in [5.41, 5.74) is 3.39. The Bertz CT molecular complexity index is 634. The fourth-order valence-corrected chi connectivity index (χ4v) is 2.63. The lowest BCUT2D eigenvalue weighted by Crippen LogP contribution is -2.25. The Kier molecular flexibility index (Phi) is 6.89. The molecule has 3 heteroatoms. The van der Waals surface area contributed by atoms with Crippen molar-refractivity contribution < 1.29 is 4.79 Å². The van der Waals surface area contributed by atoms with Gasteiger partial charge in [0.1, 0.15) is 0 Å². The number of hydrogen-bond donors (Lipinski definition) is 1. The number of carbonyl (C=O) groups is 1. The quantitative estimate of drug-likeness (QED) is 0.704. The molecular formula is C20H22ClNO. The lowest BCUT2D eigenvalue weighted by atomic mass is 10.0. The van der Waals surface area contributed by atoms with Gasteiger partial charge in [-0.15, -0.1) is 11.6 Å². The van der Waals surface area contributed by atoms with Crippen molar-refractivity contribution in [3.05, 3.63) is 77.4 Å². The molecule has 1 amide bonds. The van der Waals surface area contributed by atoms with Crippen molar-refractivity contribution in [3.8, 4) is 0 Å². The summed E-state index contributed by atoms with van der Waals surface area (Å²) in [5, 5.41) is 3.03. The minimum Gasteiger partial charge on any atom is -0.350 e. The van der Waals surface area contributed by atoms with Crippen molar-refractivity contribution in [2.24, 2.45) is 0 Å². The highest BCUT2D eigenvalue weighted by atomic mass is 35.5. The lowest BCUT2D eigenvalue weighted by molar-refractivity contribution is -0.119. The zero-order valence-corrected chi connectivity index (χ0v) is 14.1. The maximum absolute atomic E-state index is 11.5. The van der Waals surface area contributed by atoms with Crippen LogP contribution in [-0.2, 0) is 10.7 Å². The summed E-state index contributed by atoms with van der Waals surface area (Å²) in [6.07, 6.45) is 6.03. The Hall–Kier alpha value is -2.06. The summed E-state index contributed by atoms with van der Waals surface area (Å²) in [5.74, 6) is 0.494. The van der Waals surface area contributed by atoms with Crippen LogP contribution in [-0.4, -0.2) is 5.91 Å². The average Bonchev–Trinajstić information content (AvgIpc) is 2.58. The van der Waals surface area contributed by atoms with E-state index in [9.17, 15) is 4.79 Å². The smallest absolute Gasteiger partial charge is 0.217 e. The molecule has 0 saturated heterocycles. The lowest BCUT2D eigenvalue weighted by Gasteiger charge is -2.18. The molecule has 0 aromatic heterocycles. The van der Waals surface area contributed by atoms with Gasteiger partial charge in [-0.05, 0) is 29.5 Å². The van der Waals surface area contributed by atoms with Crippen LogP contribution < -0.4 is 5.32 Å². The van der Waals surface area contributed by atoms with Gasteiger partial charge in [-0.3, -0.25) is 4.79 Å². The molecule has 1 atom stereocenters. The van der Waals surface area contributed by atoms with E-state index < -0.39 is 0 Å². The number of rotatable bonds is 7. The fourth-order valence-electron chi connectivity index (χ4n) is 2.45. The summed E-state index contributed by atoms with van der Waals surface area (Å²) in [6, 6.07) is 18.3. The number of halogens is 1. The maximum Gasteiger partial charge on any atom is 0.217 e. The van der Waals surface area contributed by atoms with Gasteiger partial charge < -0.3 is 5.32 Å². The van der Waals surface area contributed by atoms with Crippen LogP contribution in [0, 0.1) is 0 Å². The molecule has 0 radical (unpaired) electrons. The van der Waals surface area contributed by atoms with Gasteiger partial charge in [0.05, 0.1) is 6.04 Å². The van der Waals surface area contributed by atoms with Gasteiger partial charge >= 0.3 is 0 Å². The van der Waals surface area contributed by atoms with Crippen LogP contribution in [0.3, 0.4) is 0 Å². The van der Waals surface area contributed by atoms with E-state index in [1.54, 1.807) is 6.92 Å². The molecule has 120 valence electrons. The minimum absolute atomic E-state index is 0.0107. The van der Waals surface area contributed by atoms with E-state index in [0.717, 1.165) is 24.0 Å². The van der Waals surface area contributed by atoms with Crippen molar-refractivity contribution in [3.63, 3.8) is 0 Å². The van der Waals surface area contributed by atoms with Crippen molar-refractivity contribution in [1.82, 2.24) is 5.32 Å². The van der Waals surface area contributed by atoms with Crippen LogP contribution in [0.25, 0.3) is 6.08 Å². The standard InChI is InChI=1S/C20H22ClNO/c1-16(23)22-20(19-13-11-18(15-21)12-14-19)10-6-5-9-17-7-3-2-4-8-17/h2-5,7-9,11-14,20H,6,10,15H2,1H3,(H,22,23)/b9-5+. The highest BCUT2D eigenvalue weighted by molar-refractivity contribution is 6.17. The fraction of sp³-hybridized carbons (Fsp3) is 0.250. The Balaban J connectivity index is 1.97. The van der Waals surface area contributed by atoms with E-state index in [2.05, 4.69) is 29.6 Å². The summed E-state index contributed by atoms with van der Waals surface area (Å²) in [6.45, 7) is 1.56. The number of benzene rings is 2. The van der Waals surface area contributed by atoms with E-state index in [0.29, 0.717) is 5.88 Å². The van der Waals surface area contributed by atoms with Crippen molar-refractivity contribution in [2.75, 3.05) is 0 Å². The first-order chi connectivity index (χ1) is 11.2. The molecule has 0 heterocycles. The zero-order chi connectivity index (χ0) is 16.5. The number of carbonyl (C=O) groups excluding carboxylic acids is 1. The van der Waals surface area contributed by atoms with Crippen LogP contribution in [0.15, 0.2) is 60.7 Å². The topological polar surface area (TPSA) is 29.1 Å². The Morgan fingerprint density at radius 1 is 1.13 bits per heavy atom. The predicted molar refractivity (Wildman–Crippen MR) is 97.3 cm³/mol. The van der Waals surface area contributed by atoms with Crippen LogP contribution in [0.4, 0.5) is 0 Å². The second-order valence-corrected chi connectivity index (χ2v) is 5.79. The van der Waals surface area contributed by atoms with Crippen LogP contribution >= 0.6 is 11.6 Å². The second-order valence-electron chi connectivity index (χ2n) is 5.52. The van der Waals surface area contributed by atoms with Gasteiger partial charge in [-0.25, -0.2) is 0 Å². The van der Waals surface area contributed by atoms with Gasteiger partial charge in [0, 0.05) is 12.8 Å². The Labute approximate surface area is 143 Å². The van der Waals surface area contributed by atoms with Crippen molar-refractivity contribution in [2.45, 2.75) is 31.7 Å². The first-order valence-corrected chi connectivity index (χ1v) is 8.36. The molecule has 1 N–H and O–H groups in total. The maximum atomic E-state index is 11.5. The van der Waals surface area contributed by atoms with E-state index in [4.69, 9.17) is 11.6 Å². The van der Waals surface area contributed by atoms with Gasteiger partial charge in [0.25, 0.3) is 0 Å². The number of alkyl halides is 1. The highest BCUT2D eigenvalue weighted by Crippen LogP contribution is 2.20. The van der Waals surface area contributed by atoms with Crippen LogP contribution in [0.5, 0.6) is 0 Å². The zero-order valence-electron chi connectivity index (χ0n) is 13.3. The summed E-state index contributed by atoms with van der Waals surface area (Å²) >= 11 is 5.82. The normalized spacial score (nSPS) is 12.3. The Morgan fingerprint density at radius 2 is 1.83 bits per heavy atom. The molecule has 0 saturated carbocycles. The molecule has 0 spiro atoms. The molecule has 1 unspecified atom stereocenters. The third-order valence-corrected chi connectivity index (χ3v) is 3.95. The van der Waals surface area contributed by atoms with Gasteiger partial charge in [-0.1, -0.05) is 66.7 Å². The third-order valence-electron chi connectivity index (χ3n) is 3.65. The SMILES string of the molecule is CC(=O)NC(CC/C=C/c1ccccc1)c1ccc(CCl)cc1. The van der Waals surface area contributed by atoms with Crippen LogP contribution in [0.2, 0.25) is 0 Å². The molecule has 23 heavy (non-hydrogen) atoms. The molecule has 0 bridgehead atoms. The first kappa shape index (κ1) is 17.3. The number of allylic oxidation sites excluding steroid dienone is 1. The molecule has 0 aliphatic heterocycles. The third kappa shape index (κ3) is 5.91.